The molecule has 6 nitrogen and oxygen atoms in total. The highest BCUT2D eigenvalue weighted by Gasteiger charge is 2.04. The first-order valence-electron chi connectivity index (χ1n) is 8.92. The van der Waals surface area contributed by atoms with Crippen molar-refractivity contribution in [1.29, 1.82) is 0 Å². The zero-order valence-corrected chi connectivity index (χ0v) is 16.7. The molecule has 0 radical (unpaired) electrons. The third kappa shape index (κ3) is 15.6. The topological polar surface area (TPSA) is 59.1 Å². The van der Waals surface area contributed by atoms with Gasteiger partial charge in [0.1, 0.15) is 13.2 Å². The van der Waals surface area contributed by atoms with Crippen molar-refractivity contribution in [2.24, 2.45) is 0 Å². The quantitative estimate of drug-likeness (QED) is 0.396. The Labute approximate surface area is 153 Å². The molecule has 0 bridgehead atoms. The van der Waals surface area contributed by atoms with Crippen LogP contribution in [0.3, 0.4) is 0 Å². The maximum Gasteiger partial charge on any atom is 0.333 e. The van der Waals surface area contributed by atoms with Crippen LogP contribution in [0.1, 0.15) is 34.6 Å². The smallest absolute Gasteiger partial charge is 0.333 e. The first kappa shape index (κ1) is 25.6. The van der Waals surface area contributed by atoms with Gasteiger partial charge in [-0.25, -0.2) is 9.59 Å². The Morgan fingerprint density at radius 1 is 0.880 bits per heavy atom. The standard InChI is InChI=1S/C10H19NO2.C9H17NO2/c1-5-11(6-2)7-8-13-10(12)9(3)4;1-4-9(11)12-8-7-10(5-2)6-3/h3,5-8H2,1-2,4H3;4H,1,5-8H2,2-3H3. The van der Waals surface area contributed by atoms with Crippen molar-refractivity contribution in [2.45, 2.75) is 34.6 Å². The van der Waals surface area contributed by atoms with E-state index in [0.29, 0.717) is 18.8 Å². The lowest BCUT2D eigenvalue weighted by atomic mass is 10.4. The van der Waals surface area contributed by atoms with Gasteiger partial charge < -0.3 is 19.3 Å². The van der Waals surface area contributed by atoms with Gasteiger partial charge in [-0.3, -0.25) is 0 Å². The van der Waals surface area contributed by atoms with Gasteiger partial charge in [0.25, 0.3) is 0 Å². The van der Waals surface area contributed by atoms with E-state index in [2.05, 4.69) is 50.7 Å². The van der Waals surface area contributed by atoms with Crippen LogP contribution in [-0.4, -0.2) is 74.2 Å². The molecule has 25 heavy (non-hydrogen) atoms. The van der Waals surface area contributed by atoms with E-state index in [1.165, 1.54) is 6.08 Å². The lowest BCUT2D eigenvalue weighted by Crippen LogP contribution is -2.27. The number of nitrogens with zero attached hydrogens (tertiary/aromatic N) is 2. The zero-order chi connectivity index (χ0) is 19.7. The van der Waals surface area contributed by atoms with Gasteiger partial charge in [0, 0.05) is 24.7 Å². The molecular formula is C19H36N2O4. The largest absolute Gasteiger partial charge is 0.461 e. The zero-order valence-electron chi connectivity index (χ0n) is 16.7. The van der Waals surface area contributed by atoms with Crippen LogP contribution in [0.15, 0.2) is 24.8 Å². The molecule has 0 saturated carbocycles. The first-order chi connectivity index (χ1) is 11.9. The fourth-order valence-electron chi connectivity index (χ4n) is 1.80. The molecule has 0 rings (SSSR count). The van der Waals surface area contributed by atoms with Gasteiger partial charge in [0.05, 0.1) is 0 Å². The lowest BCUT2D eigenvalue weighted by molar-refractivity contribution is -0.139. The molecule has 0 aliphatic carbocycles. The summed E-state index contributed by atoms with van der Waals surface area (Å²) in [5, 5.41) is 0. The number of carbonyl (C=O) groups is 2. The van der Waals surface area contributed by atoms with Crippen molar-refractivity contribution in [3.63, 3.8) is 0 Å². The molecule has 0 aliphatic rings. The van der Waals surface area contributed by atoms with E-state index in [9.17, 15) is 9.59 Å². The molecule has 0 atom stereocenters. The molecule has 6 heteroatoms. The average molecular weight is 357 g/mol. The van der Waals surface area contributed by atoms with Crippen LogP contribution in [0.4, 0.5) is 0 Å². The Balaban J connectivity index is 0. The van der Waals surface area contributed by atoms with Crippen molar-refractivity contribution in [3.05, 3.63) is 24.8 Å². The maximum absolute atomic E-state index is 11.0. The minimum Gasteiger partial charge on any atom is -0.461 e. The van der Waals surface area contributed by atoms with Crippen molar-refractivity contribution < 1.29 is 19.1 Å². The van der Waals surface area contributed by atoms with Gasteiger partial charge in [-0.1, -0.05) is 40.9 Å². The molecule has 0 heterocycles. The molecule has 0 amide bonds. The molecule has 0 aromatic rings. The van der Waals surface area contributed by atoms with Crippen LogP contribution in [0.5, 0.6) is 0 Å². The third-order valence-corrected chi connectivity index (χ3v) is 3.60. The minimum absolute atomic E-state index is 0.299. The fourth-order valence-corrected chi connectivity index (χ4v) is 1.80. The number of rotatable bonds is 12. The summed E-state index contributed by atoms with van der Waals surface area (Å²) in [5.41, 5.74) is 0.458. The van der Waals surface area contributed by atoms with E-state index >= 15 is 0 Å². The van der Waals surface area contributed by atoms with Crippen LogP contribution < -0.4 is 0 Å². The monoisotopic (exact) mass is 356 g/mol. The van der Waals surface area contributed by atoms with Gasteiger partial charge in [-0.15, -0.1) is 0 Å². The van der Waals surface area contributed by atoms with Crippen LogP contribution in [0.2, 0.25) is 0 Å². The summed E-state index contributed by atoms with van der Waals surface area (Å²) in [5.74, 6) is -0.644. The van der Waals surface area contributed by atoms with Gasteiger partial charge in [0.15, 0.2) is 0 Å². The van der Waals surface area contributed by atoms with E-state index in [-0.39, 0.29) is 11.9 Å². The highest BCUT2D eigenvalue weighted by atomic mass is 16.5. The molecule has 0 fully saturated rings. The maximum atomic E-state index is 11.0. The van der Waals surface area contributed by atoms with E-state index in [0.717, 1.165) is 39.3 Å². The Bertz CT molecular complexity index is 389. The number of ether oxygens (including phenoxy) is 2. The van der Waals surface area contributed by atoms with E-state index in [4.69, 9.17) is 9.47 Å². The number of carbonyl (C=O) groups excluding carboxylic acids is 2. The molecular weight excluding hydrogens is 320 g/mol. The molecule has 0 N–H and O–H groups in total. The fraction of sp³-hybridized carbons (Fsp3) is 0.684. The van der Waals surface area contributed by atoms with Gasteiger partial charge in [-0.2, -0.15) is 0 Å². The highest BCUT2D eigenvalue weighted by molar-refractivity contribution is 5.86. The number of hydrogen-bond acceptors (Lipinski definition) is 6. The molecule has 0 spiro atoms. The van der Waals surface area contributed by atoms with Gasteiger partial charge in [0.2, 0.25) is 0 Å². The normalized spacial score (nSPS) is 10.0. The highest BCUT2D eigenvalue weighted by Crippen LogP contribution is 1.93. The summed E-state index contributed by atoms with van der Waals surface area (Å²) in [6.45, 7) is 23.3. The number of likely N-dealkylation sites (N-methyl/N-ethyl adjacent to an activating group) is 2. The van der Waals surface area contributed by atoms with E-state index in [1.807, 2.05) is 0 Å². The molecule has 0 aromatic heterocycles. The second kappa shape index (κ2) is 17.2. The SMILES string of the molecule is C=C(C)C(=O)OCCN(CC)CC.C=CC(=O)OCCN(CC)CC. The summed E-state index contributed by atoms with van der Waals surface area (Å²) < 4.78 is 9.78. The number of hydrogen-bond donors (Lipinski definition) is 0. The predicted molar refractivity (Wildman–Crippen MR) is 103 cm³/mol. The third-order valence-electron chi connectivity index (χ3n) is 3.60. The van der Waals surface area contributed by atoms with Crippen LogP contribution in [0.25, 0.3) is 0 Å². The Hall–Kier alpha value is -1.66. The molecule has 0 aromatic carbocycles. The minimum atomic E-state index is -0.345. The molecule has 0 aliphatic heterocycles. The average Bonchev–Trinajstić information content (AvgIpc) is 2.62. The van der Waals surface area contributed by atoms with E-state index in [1.54, 1.807) is 6.92 Å². The molecule has 0 unspecified atom stereocenters. The summed E-state index contributed by atoms with van der Waals surface area (Å²) in [4.78, 5) is 26.0. The van der Waals surface area contributed by atoms with Crippen molar-refractivity contribution in [3.8, 4) is 0 Å². The number of esters is 2. The van der Waals surface area contributed by atoms with E-state index < -0.39 is 0 Å². The molecule has 146 valence electrons. The lowest BCUT2D eigenvalue weighted by Gasteiger charge is -2.17. The summed E-state index contributed by atoms with van der Waals surface area (Å²) in [7, 11) is 0. The second-order valence-electron chi connectivity index (χ2n) is 5.34. The van der Waals surface area contributed by atoms with Crippen LogP contribution in [-0.2, 0) is 19.1 Å². The molecule has 0 saturated heterocycles. The van der Waals surface area contributed by atoms with Crippen LogP contribution >= 0.6 is 0 Å². The Morgan fingerprint density at radius 2 is 1.28 bits per heavy atom. The van der Waals surface area contributed by atoms with Crippen molar-refractivity contribution in [2.75, 3.05) is 52.5 Å². The Morgan fingerprint density at radius 3 is 1.60 bits per heavy atom. The van der Waals surface area contributed by atoms with Gasteiger partial charge >= 0.3 is 11.9 Å². The second-order valence-corrected chi connectivity index (χ2v) is 5.34. The van der Waals surface area contributed by atoms with Gasteiger partial charge in [-0.05, 0) is 33.1 Å². The summed E-state index contributed by atoms with van der Waals surface area (Å²) >= 11 is 0. The van der Waals surface area contributed by atoms with Crippen molar-refractivity contribution >= 4 is 11.9 Å². The summed E-state index contributed by atoms with van der Waals surface area (Å²) in [6, 6.07) is 0. The predicted octanol–water partition coefficient (Wildman–Crippen LogP) is 2.50. The first-order valence-corrected chi connectivity index (χ1v) is 8.92. The van der Waals surface area contributed by atoms with Crippen LogP contribution in [0, 0.1) is 0 Å². The van der Waals surface area contributed by atoms with Crippen molar-refractivity contribution in [1.82, 2.24) is 9.80 Å². The Kier molecular flexibility index (Phi) is 17.6. The summed E-state index contributed by atoms with van der Waals surface area (Å²) in [6.07, 6.45) is 1.18.